The van der Waals surface area contributed by atoms with Gasteiger partial charge in [-0.15, -0.1) is 0 Å². The van der Waals surface area contributed by atoms with Gasteiger partial charge in [-0.25, -0.2) is 27.2 Å². The number of halogens is 4. The molecule has 0 radical (unpaired) electrons. The zero-order valence-electron chi connectivity index (χ0n) is 12.6. The van der Waals surface area contributed by atoms with E-state index in [0.29, 0.717) is 25.3 Å². The Morgan fingerprint density at radius 3 is 2.46 bits per heavy atom. The molecular formula is C16H15F4N3O. The summed E-state index contributed by atoms with van der Waals surface area (Å²) >= 11 is 0. The molecule has 1 heterocycles. The predicted molar refractivity (Wildman–Crippen MR) is 75.0 cm³/mol. The number of benzene rings is 1. The number of hydrogen-bond donors (Lipinski definition) is 1. The second kappa shape index (κ2) is 4.78. The van der Waals surface area contributed by atoms with Crippen molar-refractivity contribution in [1.82, 2.24) is 14.8 Å². The first kappa shape index (κ1) is 15.6. The summed E-state index contributed by atoms with van der Waals surface area (Å²) in [4.78, 5) is 3.67. The second-order valence-electron chi connectivity index (χ2n) is 6.91. The van der Waals surface area contributed by atoms with E-state index >= 15 is 8.78 Å². The Labute approximate surface area is 135 Å². The molecule has 0 spiro atoms. The van der Waals surface area contributed by atoms with Crippen LogP contribution >= 0.6 is 0 Å². The van der Waals surface area contributed by atoms with Crippen molar-refractivity contribution in [2.75, 3.05) is 0 Å². The van der Waals surface area contributed by atoms with Gasteiger partial charge in [0.1, 0.15) is 24.3 Å². The monoisotopic (exact) mass is 341 g/mol. The van der Waals surface area contributed by atoms with Gasteiger partial charge in [0.2, 0.25) is 0 Å². The molecule has 2 bridgehead atoms. The zero-order valence-corrected chi connectivity index (χ0v) is 12.6. The maximum Gasteiger partial charge on any atom is 0.287 e. The predicted octanol–water partition coefficient (Wildman–Crippen LogP) is 2.88. The summed E-state index contributed by atoms with van der Waals surface area (Å²) in [6.07, 6.45) is 3.23. The highest BCUT2D eigenvalue weighted by Crippen LogP contribution is 2.73. The van der Waals surface area contributed by atoms with Gasteiger partial charge in [-0.1, -0.05) is 0 Å². The summed E-state index contributed by atoms with van der Waals surface area (Å²) in [5.74, 6) is -5.43. The lowest BCUT2D eigenvalue weighted by molar-refractivity contribution is -0.337. The second-order valence-corrected chi connectivity index (χ2v) is 6.91. The third-order valence-electron chi connectivity index (χ3n) is 5.46. The van der Waals surface area contributed by atoms with Crippen molar-refractivity contribution in [2.24, 2.45) is 11.3 Å². The maximum absolute atomic E-state index is 15.3. The van der Waals surface area contributed by atoms with Crippen LogP contribution in [0.5, 0.6) is 0 Å². The van der Waals surface area contributed by atoms with Crippen LogP contribution in [0.25, 0.3) is 0 Å². The van der Waals surface area contributed by atoms with Crippen LogP contribution in [0.1, 0.15) is 24.8 Å². The number of nitrogens with zero attached hydrogens (tertiary/aromatic N) is 3. The van der Waals surface area contributed by atoms with Gasteiger partial charge in [0.05, 0.1) is 6.54 Å². The van der Waals surface area contributed by atoms with Crippen molar-refractivity contribution in [3.8, 4) is 0 Å². The van der Waals surface area contributed by atoms with E-state index in [1.165, 1.54) is 6.33 Å². The Morgan fingerprint density at radius 2 is 1.96 bits per heavy atom. The molecule has 1 N–H and O–H groups in total. The van der Waals surface area contributed by atoms with Gasteiger partial charge in [-0.05, 0) is 37.3 Å². The van der Waals surface area contributed by atoms with Crippen molar-refractivity contribution in [3.05, 3.63) is 48.1 Å². The Hall–Kier alpha value is -1.96. The van der Waals surface area contributed by atoms with Gasteiger partial charge in [-0.2, -0.15) is 5.10 Å². The van der Waals surface area contributed by atoms with Gasteiger partial charge in [0.25, 0.3) is 5.92 Å². The molecule has 3 fully saturated rings. The molecular weight excluding hydrogens is 326 g/mol. The third-order valence-corrected chi connectivity index (χ3v) is 5.46. The lowest BCUT2D eigenvalue weighted by Gasteiger charge is -2.66. The van der Waals surface area contributed by atoms with Crippen molar-refractivity contribution in [1.29, 1.82) is 0 Å². The minimum atomic E-state index is -3.58. The molecule has 0 aliphatic heterocycles. The molecule has 1 aromatic carbocycles. The van der Waals surface area contributed by atoms with E-state index < -0.39 is 40.7 Å². The number of aliphatic hydroxyl groups is 1. The molecule has 1 unspecified atom stereocenters. The number of alkyl halides is 2. The molecule has 8 heteroatoms. The molecule has 3 aliphatic rings. The first-order valence-corrected chi connectivity index (χ1v) is 7.66. The highest BCUT2D eigenvalue weighted by Gasteiger charge is 2.76. The summed E-state index contributed by atoms with van der Waals surface area (Å²) in [5.41, 5.74) is -4.80. The van der Waals surface area contributed by atoms with Crippen molar-refractivity contribution in [2.45, 2.75) is 37.3 Å². The summed E-state index contributed by atoms with van der Waals surface area (Å²) in [6, 6.07) is 2.24. The van der Waals surface area contributed by atoms with Crippen LogP contribution in [0.15, 0.2) is 30.9 Å². The number of rotatable bonds is 5. The van der Waals surface area contributed by atoms with Crippen molar-refractivity contribution in [3.63, 3.8) is 0 Å². The first-order valence-electron chi connectivity index (χ1n) is 7.66. The van der Waals surface area contributed by atoms with Gasteiger partial charge in [-0.3, -0.25) is 0 Å². The molecule has 0 amide bonds. The van der Waals surface area contributed by atoms with Crippen molar-refractivity contribution >= 4 is 0 Å². The van der Waals surface area contributed by atoms with Crippen LogP contribution in [0.2, 0.25) is 0 Å². The van der Waals surface area contributed by atoms with Gasteiger partial charge >= 0.3 is 0 Å². The van der Waals surface area contributed by atoms with E-state index in [1.54, 1.807) is 0 Å². The topological polar surface area (TPSA) is 50.9 Å². The van der Waals surface area contributed by atoms with Crippen LogP contribution in [0.4, 0.5) is 17.6 Å². The van der Waals surface area contributed by atoms with Crippen molar-refractivity contribution < 1.29 is 22.7 Å². The molecule has 24 heavy (non-hydrogen) atoms. The maximum atomic E-state index is 15.3. The lowest BCUT2D eigenvalue weighted by atomic mass is 9.40. The van der Waals surface area contributed by atoms with E-state index in [4.69, 9.17) is 0 Å². The average Bonchev–Trinajstić information content (AvgIpc) is 2.86. The van der Waals surface area contributed by atoms with E-state index in [9.17, 15) is 13.9 Å². The summed E-state index contributed by atoms with van der Waals surface area (Å²) in [5, 5.41) is 14.7. The molecule has 128 valence electrons. The Kier molecular flexibility index (Phi) is 3.10. The average molecular weight is 341 g/mol. The van der Waals surface area contributed by atoms with Crippen LogP contribution in [0, 0.1) is 23.0 Å². The zero-order chi connectivity index (χ0) is 17.2. The lowest BCUT2D eigenvalue weighted by Crippen LogP contribution is -2.69. The largest absolute Gasteiger partial charge is 0.377 e. The van der Waals surface area contributed by atoms with Gasteiger partial charge in [0, 0.05) is 17.0 Å². The highest BCUT2D eigenvalue weighted by atomic mass is 19.3. The van der Waals surface area contributed by atoms with Crippen LogP contribution in [-0.2, 0) is 12.1 Å². The molecule has 3 saturated carbocycles. The van der Waals surface area contributed by atoms with Crippen LogP contribution in [-0.4, -0.2) is 25.8 Å². The minimum absolute atomic E-state index is 0.254. The van der Waals surface area contributed by atoms with E-state index in [-0.39, 0.29) is 5.92 Å². The third kappa shape index (κ3) is 1.89. The fourth-order valence-corrected chi connectivity index (χ4v) is 4.03. The van der Waals surface area contributed by atoms with Crippen LogP contribution in [0.3, 0.4) is 0 Å². The molecule has 0 saturated heterocycles. The van der Waals surface area contributed by atoms with Gasteiger partial charge < -0.3 is 5.11 Å². The highest BCUT2D eigenvalue weighted by molar-refractivity contribution is 5.31. The van der Waals surface area contributed by atoms with Gasteiger partial charge in [0.15, 0.2) is 5.60 Å². The summed E-state index contributed by atoms with van der Waals surface area (Å²) < 4.78 is 59.1. The smallest absolute Gasteiger partial charge is 0.287 e. The van der Waals surface area contributed by atoms with E-state index in [0.717, 1.165) is 23.1 Å². The Morgan fingerprint density at radius 1 is 1.25 bits per heavy atom. The Balaban J connectivity index is 1.82. The fourth-order valence-electron chi connectivity index (χ4n) is 4.03. The van der Waals surface area contributed by atoms with Crippen LogP contribution < -0.4 is 0 Å². The normalized spacial score (nSPS) is 28.0. The quantitative estimate of drug-likeness (QED) is 0.851. The molecule has 4 nitrogen and oxygen atoms in total. The summed E-state index contributed by atoms with van der Waals surface area (Å²) in [6.45, 7) is -0.672. The molecule has 5 rings (SSSR count). The summed E-state index contributed by atoms with van der Waals surface area (Å²) in [7, 11) is 0. The molecule has 1 atom stereocenters. The SMILES string of the molecule is OC(Cn1cncn1)(c1ccc(F)cc1F)C(F)(F)C12CC(C1)C2. The minimum Gasteiger partial charge on any atom is -0.377 e. The standard InChI is InChI=1S/C16H15F4N3O/c17-11-1-2-12(13(18)3-11)15(24,7-23-9-21-8-22-23)16(19,20)14-4-10(5-14)6-14/h1-3,8-10,24H,4-7H2. The number of aromatic nitrogens is 3. The first-order chi connectivity index (χ1) is 11.3. The van der Waals surface area contributed by atoms with E-state index in [1.807, 2.05) is 0 Å². The van der Waals surface area contributed by atoms with E-state index in [2.05, 4.69) is 10.1 Å². The number of hydrogen-bond acceptors (Lipinski definition) is 3. The Bertz CT molecular complexity index is 763. The fraction of sp³-hybridized carbons (Fsp3) is 0.500. The molecule has 2 aromatic rings. The molecule has 3 aliphatic carbocycles. The molecule has 1 aromatic heterocycles.